The Labute approximate surface area is 92.0 Å². The zero-order valence-corrected chi connectivity index (χ0v) is 9.04. The van der Waals surface area contributed by atoms with Crippen LogP contribution in [0.15, 0.2) is 18.2 Å². The maximum Gasteiger partial charge on any atom is 0.387 e. The van der Waals surface area contributed by atoms with Crippen molar-refractivity contribution >= 4 is 0 Å². The zero-order valence-electron chi connectivity index (χ0n) is 9.04. The van der Waals surface area contributed by atoms with Gasteiger partial charge in [-0.3, -0.25) is 0 Å². The molecule has 0 spiro atoms. The van der Waals surface area contributed by atoms with Gasteiger partial charge in [-0.2, -0.15) is 8.78 Å². The van der Waals surface area contributed by atoms with Crippen molar-refractivity contribution in [3.8, 4) is 11.5 Å². The van der Waals surface area contributed by atoms with E-state index >= 15 is 0 Å². The number of hydrogen-bond donors (Lipinski definition) is 0. The lowest BCUT2D eigenvalue weighted by Crippen LogP contribution is -2.10. The second-order valence-corrected chi connectivity index (χ2v) is 3.34. The summed E-state index contributed by atoms with van der Waals surface area (Å²) in [5.41, 5.74) is 0. The molecular weight excluding hydrogens is 221 g/mol. The van der Waals surface area contributed by atoms with Crippen molar-refractivity contribution in [2.24, 2.45) is 0 Å². The van der Waals surface area contributed by atoms with Gasteiger partial charge in [-0.1, -0.05) is 6.92 Å². The molecule has 90 valence electrons. The highest BCUT2D eigenvalue weighted by Gasteiger charge is 2.09. The maximum atomic E-state index is 13.0. The molecule has 0 amide bonds. The molecule has 0 aliphatic heterocycles. The summed E-state index contributed by atoms with van der Waals surface area (Å²) in [6.45, 7) is 0.734. The summed E-state index contributed by atoms with van der Waals surface area (Å²) in [5.74, 6) is -0.727. The van der Waals surface area contributed by atoms with E-state index in [1.54, 1.807) is 6.92 Å². The van der Waals surface area contributed by atoms with Crippen LogP contribution < -0.4 is 9.47 Å². The molecular formula is C11H13F3O2. The Bertz CT molecular complexity index is 342. The Morgan fingerprint density at radius 2 is 1.69 bits per heavy atom. The van der Waals surface area contributed by atoms with Crippen LogP contribution in [0.3, 0.4) is 0 Å². The summed E-state index contributed by atoms with van der Waals surface area (Å²) in [6, 6.07) is 3.25. The predicted molar refractivity (Wildman–Crippen MR) is 53.4 cm³/mol. The van der Waals surface area contributed by atoms with E-state index in [-0.39, 0.29) is 17.6 Å². The van der Waals surface area contributed by atoms with Crippen molar-refractivity contribution < 1.29 is 22.6 Å². The van der Waals surface area contributed by atoms with E-state index in [1.807, 2.05) is 6.92 Å². The largest absolute Gasteiger partial charge is 0.490 e. The van der Waals surface area contributed by atoms with Crippen molar-refractivity contribution in [2.75, 3.05) is 0 Å². The average Bonchev–Trinajstić information content (AvgIpc) is 2.15. The molecule has 2 nitrogen and oxygen atoms in total. The SMILES string of the molecule is CCC(C)Oc1cc(F)cc(OC(F)F)c1. The van der Waals surface area contributed by atoms with Crippen molar-refractivity contribution in [2.45, 2.75) is 33.0 Å². The average molecular weight is 234 g/mol. The lowest BCUT2D eigenvalue weighted by Gasteiger charge is -2.13. The summed E-state index contributed by atoms with van der Waals surface area (Å²) >= 11 is 0. The molecule has 0 radical (unpaired) electrons. The summed E-state index contributed by atoms with van der Waals surface area (Å²) < 4.78 is 46.3. The summed E-state index contributed by atoms with van der Waals surface area (Å²) in [6.07, 6.45) is 0.628. The molecule has 1 unspecified atom stereocenters. The molecule has 1 aromatic carbocycles. The van der Waals surface area contributed by atoms with Crippen LogP contribution in [0.25, 0.3) is 0 Å². The van der Waals surface area contributed by atoms with E-state index in [2.05, 4.69) is 4.74 Å². The standard InChI is InChI=1S/C11H13F3O2/c1-3-7(2)15-9-4-8(12)5-10(6-9)16-11(13)14/h4-7,11H,3H2,1-2H3. The first kappa shape index (κ1) is 12.7. The van der Waals surface area contributed by atoms with Gasteiger partial charge in [0.15, 0.2) is 0 Å². The first-order valence-corrected chi connectivity index (χ1v) is 4.93. The van der Waals surface area contributed by atoms with Gasteiger partial charge in [0.25, 0.3) is 0 Å². The number of benzene rings is 1. The molecule has 0 aromatic heterocycles. The van der Waals surface area contributed by atoms with E-state index in [0.717, 1.165) is 18.6 Å². The second-order valence-electron chi connectivity index (χ2n) is 3.34. The lowest BCUT2D eigenvalue weighted by molar-refractivity contribution is -0.0501. The normalized spacial score (nSPS) is 12.6. The van der Waals surface area contributed by atoms with Crippen molar-refractivity contribution in [3.63, 3.8) is 0 Å². The van der Waals surface area contributed by atoms with E-state index in [9.17, 15) is 13.2 Å². The molecule has 1 rings (SSSR count). The quantitative estimate of drug-likeness (QED) is 0.774. The van der Waals surface area contributed by atoms with Gasteiger partial charge in [-0.15, -0.1) is 0 Å². The first-order chi connectivity index (χ1) is 7.51. The van der Waals surface area contributed by atoms with E-state index < -0.39 is 12.4 Å². The van der Waals surface area contributed by atoms with Gasteiger partial charge in [0.2, 0.25) is 0 Å². The molecule has 0 N–H and O–H groups in total. The minimum Gasteiger partial charge on any atom is -0.490 e. The van der Waals surface area contributed by atoms with Gasteiger partial charge in [-0.05, 0) is 13.3 Å². The maximum absolute atomic E-state index is 13.0. The highest BCUT2D eigenvalue weighted by molar-refractivity contribution is 5.34. The molecule has 1 atom stereocenters. The van der Waals surface area contributed by atoms with Gasteiger partial charge >= 0.3 is 6.61 Å². The highest BCUT2D eigenvalue weighted by Crippen LogP contribution is 2.24. The monoisotopic (exact) mass is 234 g/mol. The molecule has 0 bridgehead atoms. The third-order valence-corrected chi connectivity index (χ3v) is 1.98. The van der Waals surface area contributed by atoms with Crippen LogP contribution >= 0.6 is 0 Å². The molecule has 0 saturated heterocycles. The summed E-state index contributed by atoms with van der Waals surface area (Å²) in [4.78, 5) is 0. The third-order valence-electron chi connectivity index (χ3n) is 1.98. The molecule has 5 heteroatoms. The van der Waals surface area contributed by atoms with Crippen LogP contribution in [-0.2, 0) is 0 Å². The number of alkyl halides is 2. The van der Waals surface area contributed by atoms with Crippen LogP contribution in [0.1, 0.15) is 20.3 Å². The molecule has 0 saturated carbocycles. The van der Waals surface area contributed by atoms with Gasteiger partial charge in [0.05, 0.1) is 6.10 Å². The number of halogens is 3. The van der Waals surface area contributed by atoms with Gasteiger partial charge in [0.1, 0.15) is 17.3 Å². The first-order valence-electron chi connectivity index (χ1n) is 4.93. The zero-order chi connectivity index (χ0) is 12.1. The van der Waals surface area contributed by atoms with Crippen molar-refractivity contribution in [3.05, 3.63) is 24.0 Å². The van der Waals surface area contributed by atoms with Gasteiger partial charge in [-0.25, -0.2) is 4.39 Å². The van der Waals surface area contributed by atoms with Crippen LogP contribution in [0, 0.1) is 5.82 Å². The topological polar surface area (TPSA) is 18.5 Å². The van der Waals surface area contributed by atoms with Crippen LogP contribution in [0.4, 0.5) is 13.2 Å². The van der Waals surface area contributed by atoms with E-state index in [1.165, 1.54) is 6.07 Å². The minimum atomic E-state index is -2.97. The molecule has 0 aliphatic carbocycles. The van der Waals surface area contributed by atoms with Crippen LogP contribution in [0.2, 0.25) is 0 Å². The molecule has 1 aromatic rings. The van der Waals surface area contributed by atoms with Crippen LogP contribution in [-0.4, -0.2) is 12.7 Å². The Kier molecular flexibility index (Phi) is 4.46. The Morgan fingerprint density at radius 3 is 2.19 bits per heavy atom. The fourth-order valence-corrected chi connectivity index (χ4v) is 1.09. The molecule has 0 aliphatic rings. The van der Waals surface area contributed by atoms with Crippen molar-refractivity contribution in [1.82, 2.24) is 0 Å². The number of hydrogen-bond acceptors (Lipinski definition) is 2. The lowest BCUT2D eigenvalue weighted by atomic mass is 10.3. The smallest absolute Gasteiger partial charge is 0.387 e. The Balaban J connectivity index is 2.81. The summed E-state index contributed by atoms with van der Waals surface area (Å²) in [7, 11) is 0. The number of ether oxygens (including phenoxy) is 2. The van der Waals surface area contributed by atoms with Gasteiger partial charge < -0.3 is 9.47 Å². The predicted octanol–water partition coefficient (Wildman–Crippen LogP) is 3.60. The molecule has 0 fully saturated rings. The fraction of sp³-hybridized carbons (Fsp3) is 0.455. The molecule has 16 heavy (non-hydrogen) atoms. The molecule has 0 heterocycles. The Hall–Kier alpha value is -1.39. The third kappa shape index (κ3) is 4.00. The fourth-order valence-electron chi connectivity index (χ4n) is 1.09. The van der Waals surface area contributed by atoms with Crippen molar-refractivity contribution in [1.29, 1.82) is 0 Å². The van der Waals surface area contributed by atoms with Crippen LogP contribution in [0.5, 0.6) is 11.5 Å². The van der Waals surface area contributed by atoms with E-state index in [4.69, 9.17) is 4.74 Å². The Morgan fingerprint density at radius 1 is 1.12 bits per heavy atom. The summed E-state index contributed by atoms with van der Waals surface area (Å²) in [5, 5.41) is 0. The van der Waals surface area contributed by atoms with Gasteiger partial charge in [0, 0.05) is 18.2 Å². The number of rotatable bonds is 5. The van der Waals surface area contributed by atoms with E-state index in [0.29, 0.717) is 0 Å². The minimum absolute atomic E-state index is 0.110. The second kappa shape index (κ2) is 5.63. The highest BCUT2D eigenvalue weighted by atomic mass is 19.3.